The Balaban J connectivity index is 2.06. The molecule has 3 fully saturated rings. The first kappa shape index (κ1) is 21.3. The third-order valence-electron chi connectivity index (χ3n) is 6.65. The number of methoxy groups -OCH3 is 1. The second-order valence-corrected chi connectivity index (χ2v) is 9.02. The molecular formula is C21H32O7. The molecule has 3 aliphatic rings. The molecule has 0 aliphatic carbocycles. The van der Waals surface area contributed by atoms with Crippen molar-refractivity contribution in [2.24, 2.45) is 23.7 Å². The van der Waals surface area contributed by atoms with Gasteiger partial charge in [-0.15, -0.1) is 0 Å². The van der Waals surface area contributed by atoms with Crippen molar-refractivity contribution in [2.45, 2.75) is 70.6 Å². The number of aliphatic hydroxyl groups is 1. The summed E-state index contributed by atoms with van der Waals surface area (Å²) < 4.78 is 23.3. The number of aliphatic hydroxyl groups excluding tert-OH is 1. The Morgan fingerprint density at radius 2 is 2.04 bits per heavy atom. The molecule has 3 rings (SSSR count). The Labute approximate surface area is 166 Å². The smallest absolute Gasteiger partial charge is 0.310 e. The topological polar surface area (TPSA) is 91.3 Å². The molecule has 0 unspecified atom stereocenters. The van der Waals surface area contributed by atoms with E-state index in [9.17, 15) is 14.7 Å². The van der Waals surface area contributed by atoms with Crippen LogP contribution in [0, 0.1) is 23.7 Å². The average molecular weight is 396 g/mol. The van der Waals surface area contributed by atoms with Crippen LogP contribution in [-0.2, 0) is 28.5 Å². The van der Waals surface area contributed by atoms with E-state index in [2.05, 4.69) is 6.58 Å². The molecule has 7 nitrogen and oxygen atoms in total. The van der Waals surface area contributed by atoms with Gasteiger partial charge in [0, 0.05) is 31.8 Å². The molecule has 2 bridgehead atoms. The van der Waals surface area contributed by atoms with Crippen LogP contribution in [0.1, 0.15) is 47.0 Å². The maximum Gasteiger partial charge on any atom is 0.310 e. The lowest BCUT2D eigenvalue weighted by atomic mass is 9.71. The van der Waals surface area contributed by atoms with Crippen LogP contribution in [0.4, 0.5) is 0 Å². The zero-order chi connectivity index (χ0) is 20.9. The summed E-state index contributed by atoms with van der Waals surface area (Å²) in [5.74, 6) is -3.05. The molecule has 0 aromatic carbocycles. The molecule has 3 saturated heterocycles. The minimum Gasteiger partial charge on any atom is -0.461 e. The molecule has 0 aromatic heterocycles. The number of carbonyl (C=O) groups excluding carboxylic acids is 2. The summed E-state index contributed by atoms with van der Waals surface area (Å²) >= 11 is 0. The van der Waals surface area contributed by atoms with E-state index in [1.807, 2.05) is 13.8 Å². The zero-order valence-corrected chi connectivity index (χ0v) is 17.4. The lowest BCUT2D eigenvalue weighted by Gasteiger charge is -2.40. The van der Waals surface area contributed by atoms with Gasteiger partial charge in [0.05, 0.1) is 23.5 Å². The summed E-state index contributed by atoms with van der Waals surface area (Å²) in [6, 6.07) is 0. The average Bonchev–Trinajstić information content (AvgIpc) is 2.90. The highest BCUT2D eigenvalue weighted by Gasteiger charge is 2.60. The van der Waals surface area contributed by atoms with Crippen molar-refractivity contribution in [1.82, 2.24) is 0 Å². The number of rotatable bonds is 3. The van der Waals surface area contributed by atoms with Gasteiger partial charge in [-0.05, 0) is 18.9 Å². The van der Waals surface area contributed by atoms with E-state index in [1.54, 1.807) is 21.0 Å². The van der Waals surface area contributed by atoms with Gasteiger partial charge in [0.1, 0.15) is 12.7 Å². The van der Waals surface area contributed by atoms with Crippen LogP contribution in [0.15, 0.2) is 12.2 Å². The van der Waals surface area contributed by atoms with Crippen LogP contribution in [0.25, 0.3) is 0 Å². The molecule has 0 aromatic rings. The second kappa shape index (κ2) is 7.43. The largest absolute Gasteiger partial charge is 0.461 e. The lowest BCUT2D eigenvalue weighted by Crippen LogP contribution is -2.48. The fourth-order valence-electron chi connectivity index (χ4n) is 4.85. The molecule has 0 saturated carbocycles. The van der Waals surface area contributed by atoms with E-state index in [1.165, 1.54) is 0 Å². The van der Waals surface area contributed by atoms with Gasteiger partial charge in [0.25, 0.3) is 0 Å². The maximum atomic E-state index is 12.7. The van der Waals surface area contributed by atoms with Gasteiger partial charge < -0.3 is 24.1 Å². The number of carbonyl (C=O) groups is 2. The normalized spacial score (nSPS) is 43.6. The monoisotopic (exact) mass is 396 g/mol. The minimum absolute atomic E-state index is 0.111. The van der Waals surface area contributed by atoms with Gasteiger partial charge in [-0.25, -0.2) is 0 Å². The van der Waals surface area contributed by atoms with Crippen molar-refractivity contribution in [2.75, 3.05) is 13.7 Å². The summed E-state index contributed by atoms with van der Waals surface area (Å²) in [5.41, 5.74) is -0.247. The first-order chi connectivity index (χ1) is 13.0. The third-order valence-corrected chi connectivity index (χ3v) is 6.65. The SMILES string of the molecule is C=C1COC(=O)[C@@H]2C[C@H](C)[C@@]3(OC)C[C@H](O)[C@@](C)(C[C@@H](OC(=O)C(C)C)[C@H]12)O3. The second-order valence-electron chi connectivity index (χ2n) is 9.02. The van der Waals surface area contributed by atoms with E-state index < -0.39 is 29.5 Å². The Bertz CT molecular complexity index is 659. The highest BCUT2D eigenvalue weighted by atomic mass is 16.7. The molecule has 3 aliphatic heterocycles. The fourth-order valence-corrected chi connectivity index (χ4v) is 4.85. The van der Waals surface area contributed by atoms with E-state index in [-0.39, 0.29) is 42.7 Å². The predicted octanol–water partition coefficient (Wildman–Crippen LogP) is 2.21. The minimum atomic E-state index is -1.01. The van der Waals surface area contributed by atoms with E-state index in [0.29, 0.717) is 12.8 Å². The Morgan fingerprint density at radius 3 is 2.64 bits per heavy atom. The van der Waals surface area contributed by atoms with Crippen molar-refractivity contribution < 1.29 is 33.6 Å². The number of cyclic esters (lactones) is 1. The summed E-state index contributed by atoms with van der Waals surface area (Å²) in [5, 5.41) is 10.8. The summed E-state index contributed by atoms with van der Waals surface area (Å²) in [6.45, 7) is 11.5. The first-order valence-corrected chi connectivity index (χ1v) is 10.0. The Kier molecular flexibility index (Phi) is 5.64. The zero-order valence-electron chi connectivity index (χ0n) is 17.4. The first-order valence-electron chi connectivity index (χ1n) is 10.0. The Morgan fingerprint density at radius 1 is 1.36 bits per heavy atom. The van der Waals surface area contributed by atoms with Gasteiger partial charge in [0.2, 0.25) is 0 Å². The van der Waals surface area contributed by atoms with Crippen molar-refractivity contribution in [3.8, 4) is 0 Å². The van der Waals surface area contributed by atoms with Crippen LogP contribution in [0.2, 0.25) is 0 Å². The van der Waals surface area contributed by atoms with Crippen LogP contribution >= 0.6 is 0 Å². The molecular weight excluding hydrogens is 364 g/mol. The van der Waals surface area contributed by atoms with Crippen LogP contribution in [0.3, 0.4) is 0 Å². The molecule has 7 atom stereocenters. The van der Waals surface area contributed by atoms with Gasteiger partial charge in [0.15, 0.2) is 5.79 Å². The van der Waals surface area contributed by atoms with E-state index in [4.69, 9.17) is 18.9 Å². The molecule has 0 amide bonds. The summed E-state index contributed by atoms with van der Waals surface area (Å²) in [7, 11) is 1.55. The van der Waals surface area contributed by atoms with Crippen molar-refractivity contribution >= 4 is 11.9 Å². The highest BCUT2D eigenvalue weighted by Crippen LogP contribution is 2.51. The van der Waals surface area contributed by atoms with Crippen LogP contribution in [0.5, 0.6) is 0 Å². The standard InChI is InChI=1S/C21H32O7/c1-11(2)18(23)27-15-8-20(5)16(22)9-21(25-6,28-20)13(4)7-14-17(15)12(3)10-26-19(14)24/h11,13-17,22H,3,7-10H2,1-2,4-6H3/t13-,14+,15+,16-,17+,20+,21+/m0/s1. The number of ether oxygens (including phenoxy) is 4. The molecule has 3 heterocycles. The lowest BCUT2D eigenvalue weighted by molar-refractivity contribution is -0.266. The summed E-state index contributed by atoms with van der Waals surface area (Å²) in [6.07, 6.45) is -0.458. The van der Waals surface area contributed by atoms with E-state index in [0.717, 1.165) is 5.57 Å². The molecule has 1 N–H and O–H groups in total. The Hall–Kier alpha value is -1.44. The molecule has 28 heavy (non-hydrogen) atoms. The quantitative estimate of drug-likeness (QED) is 0.578. The van der Waals surface area contributed by atoms with Crippen molar-refractivity contribution in [1.29, 1.82) is 0 Å². The maximum absolute atomic E-state index is 12.7. The van der Waals surface area contributed by atoms with Gasteiger partial charge in [-0.1, -0.05) is 27.4 Å². The van der Waals surface area contributed by atoms with Gasteiger partial charge in [-0.2, -0.15) is 0 Å². The van der Waals surface area contributed by atoms with E-state index >= 15 is 0 Å². The van der Waals surface area contributed by atoms with Crippen molar-refractivity contribution in [3.05, 3.63) is 12.2 Å². The van der Waals surface area contributed by atoms with Gasteiger partial charge in [-0.3, -0.25) is 9.59 Å². The number of fused-ring (bicyclic) bond motifs is 3. The predicted molar refractivity (Wildman–Crippen MR) is 100 cm³/mol. The highest BCUT2D eigenvalue weighted by molar-refractivity contribution is 5.75. The number of hydrogen-bond acceptors (Lipinski definition) is 7. The van der Waals surface area contributed by atoms with Gasteiger partial charge >= 0.3 is 11.9 Å². The molecule has 7 heteroatoms. The number of esters is 2. The molecule has 0 spiro atoms. The fraction of sp³-hybridized carbons (Fsp3) is 0.810. The van der Waals surface area contributed by atoms with Crippen molar-refractivity contribution in [3.63, 3.8) is 0 Å². The third kappa shape index (κ3) is 3.48. The van der Waals surface area contributed by atoms with Crippen LogP contribution < -0.4 is 0 Å². The number of hydrogen-bond donors (Lipinski definition) is 1. The summed E-state index contributed by atoms with van der Waals surface area (Å²) in [4.78, 5) is 25.1. The van der Waals surface area contributed by atoms with Crippen LogP contribution in [-0.4, -0.2) is 54.4 Å². The molecule has 158 valence electrons. The molecule has 0 radical (unpaired) electrons.